The van der Waals surface area contributed by atoms with E-state index in [0.717, 1.165) is 18.9 Å². The van der Waals surface area contributed by atoms with Crippen molar-refractivity contribution < 1.29 is 4.39 Å². The number of H-pyrrole nitrogens is 1. The van der Waals surface area contributed by atoms with E-state index in [4.69, 9.17) is 46.4 Å². The van der Waals surface area contributed by atoms with Crippen LogP contribution < -0.4 is 5.56 Å². The molecule has 0 saturated carbocycles. The molecule has 0 fully saturated rings. The summed E-state index contributed by atoms with van der Waals surface area (Å²) in [5, 5.41) is 1.03. The van der Waals surface area contributed by atoms with Crippen LogP contribution in [0.2, 0.25) is 20.2 Å². The minimum absolute atomic E-state index is 0.0285. The molecule has 2 aromatic heterocycles. The third kappa shape index (κ3) is 2.89. The normalized spacial score (nSPS) is 13.8. The second-order valence-electron chi connectivity index (χ2n) is 7.05. The lowest BCUT2D eigenvalue weighted by atomic mass is 10.1. The maximum absolute atomic E-state index is 15.2. The number of nitrogens with zero attached hydrogens (tertiary/aromatic N) is 3. The Morgan fingerprint density at radius 1 is 0.933 bits per heavy atom. The first kappa shape index (κ1) is 19.9. The third-order valence-electron chi connectivity index (χ3n) is 5.28. The average molecular weight is 486 g/mol. The quantitative estimate of drug-likeness (QED) is 0.356. The van der Waals surface area contributed by atoms with Gasteiger partial charge >= 0.3 is 0 Å². The summed E-state index contributed by atoms with van der Waals surface area (Å²) in [5.74, 6) is -0.356. The van der Waals surface area contributed by atoms with Gasteiger partial charge in [-0.3, -0.25) is 9.48 Å². The number of aromatic amines is 1. The molecule has 30 heavy (non-hydrogen) atoms. The van der Waals surface area contributed by atoms with Gasteiger partial charge in [0.1, 0.15) is 22.3 Å². The summed E-state index contributed by atoms with van der Waals surface area (Å²) >= 11 is 25.4. The Hall–Kier alpha value is -1.99. The van der Waals surface area contributed by atoms with E-state index in [1.54, 1.807) is 27.6 Å². The number of imidazole rings is 1. The summed E-state index contributed by atoms with van der Waals surface area (Å²) in [6.45, 7) is 1.12. The molecule has 2 aromatic carbocycles. The van der Waals surface area contributed by atoms with Crippen molar-refractivity contribution >= 4 is 57.4 Å². The highest BCUT2D eigenvalue weighted by Gasteiger charge is 2.28. The lowest BCUT2D eigenvalue weighted by molar-refractivity contribution is 0.356. The Kier molecular flexibility index (Phi) is 4.86. The van der Waals surface area contributed by atoms with Gasteiger partial charge in [0.2, 0.25) is 0 Å². The van der Waals surface area contributed by atoms with Crippen molar-refractivity contribution in [2.24, 2.45) is 0 Å². The van der Waals surface area contributed by atoms with Gasteiger partial charge in [-0.15, -0.1) is 0 Å². The number of hydrogen-bond donors (Lipinski definition) is 1. The second-order valence-corrected chi connectivity index (χ2v) is 8.62. The maximum atomic E-state index is 15.2. The van der Waals surface area contributed by atoms with Crippen LogP contribution in [0.3, 0.4) is 0 Å². The van der Waals surface area contributed by atoms with Crippen molar-refractivity contribution in [2.45, 2.75) is 25.9 Å². The molecular weight excluding hydrogens is 473 g/mol. The number of benzene rings is 2. The SMILES string of the molecule is O=c1c(-c2c(F)cc(Cl)c3nc(-c4c(Cl)cccc4Cl)[nH]c23)c(Cl)n2n1CCCC2. The molecule has 3 heterocycles. The first-order chi connectivity index (χ1) is 14.4. The highest BCUT2D eigenvalue weighted by molar-refractivity contribution is 6.39. The van der Waals surface area contributed by atoms with E-state index in [1.165, 1.54) is 0 Å². The van der Waals surface area contributed by atoms with Crippen LogP contribution in [0.15, 0.2) is 29.1 Å². The topological polar surface area (TPSA) is 55.6 Å². The average Bonchev–Trinajstić information content (AvgIpc) is 3.24. The maximum Gasteiger partial charge on any atom is 0.276 e. The summed E-state index contributed by atoms with van der Waals surface area (Å²) in [7, 11) is 0. The summed E-state index contributed by atoms with van der Waals surface area (Å²) in [6.07, 6.45) is 1.75. The van der Waals surface area contributed by atoms with Crippen LogP contribution in [0.25, 0.3) is 33.5 Å². The number of hydrogen-bond acceptors (Lipinski definition) is 2. The third-order valence-corrected chi connectivity index (χ3v) is 6.59. The van der Waals surface area contributed by atoms with Crippen LogP contribution in [0.1, 0.15) is 12.8 Å². The van der Waals surface area contributed by atoms with E-state index in [2.05, 4.69) is 9.97 Å². The standard InChI is InChI=1S/C20H13Cl4FN4O/c21-9-4-3-5-10(22)13(9)19-26-16-11(23)8-12(25)14(17(16)27-19)15-18(24)28-6-1-2-7-29(28)20(15)30/h3-5,8H,1-2,6-7H2,(H,26,27). The predicted octanol–water partition coefficient (Wildman–Crippen LogP) is 6.41. The summed E-state index contributed by atoms with van der Waals surface area (Å²) in [6, 6.07) is 6.19. The number of fused-ring (bicyclic) bond motifs is 2. The van der Waals surface area contributed by atoms with Gasteiger partial charge in [0, 0.05) is 13.1 Å². The van der Waals surface area contributed by atoms with E-state index < -0.39 is 5.82 Å². The van der Waals surface area contributed by atoms with E-state index in [0.29, 0.717) is 40.0 Å². The molecule has 0 unspecified atom stereocenters. The Morgan fingerprint density at radius 3 is 2.27 bits per heavy atom. The van der Waals surface area contributed by atoms with Crippen LogP contribution in [0.5, 0.6) is 0 Å². The lowest BCUT2D eigenvalue weighted by Crippen LogP contribution is -2.27. The largest absolute Gasteiger partial charge is 0.337 e. The monoisotopic (exact) mass is 484 g/mol. The first-order valence-electron chi connectivity index (χ1n) is 9.20. The molecule has 5 rings (SSSR count). The fraction of sp³-hybridized carbons (Fsp3) is 0.200. The van der Waals surface area contributed by atoms with Crippen LogP contribution in [-0.4, -0.2) is 19.3 Å². The van der Waals surface area contributed by atoms with Crippen molar-refractivity contribution in [3.8, 4) is 22.5 Å². The highest BCUT2D eigenvalue weighted by Crippen LogP contribution is 2.40. The fourth-order valence-corrected chi connectivity index (χ4v) is 5.08. The van der Waals surface area contributed by atoms with Crippen LogP contribution in [-0.2, 0) is 13.1 Å². The van der Waals surface area contributed by atoms with Gasteiger partial charge in [0.05, 0.1) is 37.3 Å². The van der Waals surface area contributed by atoms with E-state index in [-0.39, 0.29) is 32.4 Å². The summed E-state index contributed by atoms with van der Waals surface area (Å²) in [5.41, 5.74) is 0.767. The summed E-state index contributed by atoms with van der Waals surface area (Å²) < 4.78 is 18.4. The minimum Gasteiger partial charge on any atom is -0.337 e. The van der Waals surface area contributed by atoms with Gasteiger partial charge < -0.3 is 4.98 Å². The van der Waals surface area contributed by atoms with Crippen molar-refractivity contribution in [1.82, 2.24) is 19.3 Å². The van der Waals surface area contributed by atoms with Crippen molar-refractivity contribution in [1.29, 1.82) is 0 Å². The number of aromatic nitrogens is 4. The van der Waals surface area contributed by atoms with E-state index in [1.807, 2.05) is 0 Å². The van der Waals surface area contributed by atoms with Crippen molar-refractivity contribution in [3.63, 3.8) is 0 Å². The first-order valence-corrected chi connectivity index (χ1v) is 10.7. The number of rotatable bonds is 2. The van der Waals surface area contributed by atoms with Crippen LogP contribution >= 0.6 is 46.4 Å². The van der Waals surface area contributed by atoms with Crippen molar-refractivity contribution in [3.05, 3.63) is 60.7 Å². The van der Waals surface area contributed by atoms with Gasteiger partial charge in [-0.1, -0.05) is 52.5 Å². The van der Waals surface area contributed by atoms with Gasteiger partial charge in [-0.2, -0.15) is 0 Å². The molecule has 0 bridgehead atoms. The number of halogens is 5. The molecule has 0 saturated heterocycles. The highest BCUT2D eigenvalue weighted by atomic mass is 35.5. The van der Waals surface area contributed by atoms with Crippen LogP contribution in [0, 0.1) is 5.82 Å². The molecule has 0 atom stereocenters. The molecule has 0 aliphatic carbocycles. The van der Waals surface area contributed by atoms with Crippen LogP contribution in [0.4, 0.5) is 4.39 Å². The number of nitrogens with one attached hydrogen (secondary N) is 1. The lowest BCUT2D eigenvalue weighted by Gasteiger charge is -2.17. The Balaban J connectivity index is 1.84. The molecule has 1 aliphatic heterocycles. The van der Waals surface area contributed by atoms with Gasteiger partial charge in [-0.05, 0) is 31.0 Å². The molecule has 154 valence electrons. The van der Waals surface area contributed by atoms with Gasteiger partial charge in [-0.25, -0.2) is 14.1 Å². The molecule has 0 amide bonds. The zero-order chi connectivity index (χ0) is 21.2. The molecule has 5 nitrogen and oxygen atoms in total. The Morgan fingerprint density at radius 2 is 1.60 bits per heavy atom. The molecule has 10 heteroatoms. The Labute approximate surface area is 189 Å². The molecule has 1 N–H and O–H groups in total. The molecule has 1 aliphatic rings. The van der Waals surface area contributed by atoms with E-state index in [9.17, 15) is 4.79 Å². The summed E-state index contributed by atoms with van der Waals surface area (Å²) in [4.78, 5) is 20.6. The smallest absolute Gasteiger partial charge is 0.276 e. The minimum atomic E-state index is -0.671. The molecule has 4 aromatic rings. The molecule has 0 spiro atoms. The predicted molar refractivity (Wildman–Crippen MR) is 118 cm³/mol. The zero-order valence-electron chi connectivity index (χ0n) is 15.3. The van der Waals surface area contributed by atoms with Gasteiger partial charge in [0.15, 0.2) is 0 Å². The zero-order valence-corrected chi connectivity index (χ0v) is 18.3. The van der Waals surface area contributed by atoms with E-state index >= 15 is 4.39 Å². The fourth-order valence-electron chi connectivity index (χ4n) is 3.92. The molecule has 0 radical (unpaired) electrons. The molecular formula is C20H13Cl4FN4O. The van der Waals surface area contributed by atoms with Crippen molar-refractivity contribution in [2.75, 3.05) is 0 Å². The second kappa shape index (κ2) is 7.31. The Bertz CT molecular complexity index is 1370. The van der Waals surface area contributed by atoms with Gasteiger partial charge in [0.25, 0.3) is 5.56 Å².